The Kier molecular flexibility index (Phi) is 5.94. The number of para-hydroxylation sites is 1. The molecule has 10 nitrogen and oxygen atoms in total. The van der Waals surface area contributed by atoms with Crippen LogP contribution in [0.25, 0.3) is 0 Å². The monoisotopic (exact) mass is 459 g/mol. The van der Waals surface area contributed by atoms with Gasteiger partial charge in [-0.2, -0.15) is 0 Å². The fraction of sp³-hybridized carbons (Fsp3) is 0.565. The molecule has 1 atom stereocenters. The molecule has 0 radical (unpaired) electrons. The molecule has 1 saturated carbocycles. The summed E-state index contributed by atoms with van der Waals surface area (Å²) in [6.07, 6.45) is 0.196. The molecule has 2 heterocycles. The number of carbonyl (C=O) groups excluding carboxylic acids is 2. The van der Waals surface area contributed by atoms with Crippen LogP contribution in [0.4, 0.5) is 10.5 Å². The van der Waals surface area contributed by atoms with Crippen LogP contribution in [0.3, 0.4) is 0 Å². The van der Waals surface area contributed by atoms with Crippen LogP contribution in [0.1, 0.15) is 26.2 Å². The highest BCUT2D eigenvalue weighted by atomic mass is 16.6. The average Bonchev–Trinajstić information content (AvgIpc) is 3.56. The highest BCUT2D eigenvalue weighted by Crippen LogP contribution is 2.59. The highest BCUT2D eigenvalue weighted by Gasteiger charge is 2.69. The predicted octanol–water partition coefficient (Wildman–Crippen LogP) is 1.50. The number of anilines is 1. The van der Waals surface area contributed by atoms with Gasteiger partial charge in [0.2, 0.25) is 5.91 Å². The molecule has 0 aromatic heterocycles. The van der Waals surface area contributed by atoms with Crippen molar-refractivity contribution in [3.63, 3.8) is 0 Å². The fourth-order valence-corrected chi connectivity index (χ4v) is 5.17. The molecule has 2 N–H and O–H groups in total. The number of hydrogen-bond acceptors (Lipinski definition) is 6. The largest absolute Gasteiger partial charge is 0.480 e. The van der Waals surface area contributed by atoms with Crippen LogP contribution in [0, 0.1) is 10.8 Å². The third-order valence-electron chi connectivity index (χ3n) is 7.11. The summed E-state index contributed by atoms with van der Waals surface area (Å²) in [4.78, 5) is 56.1. The number of carbonyl (C=O) groups is 4. The lowest BCUT2D eigenvalue weighted by molar-refractivity contribution is -0.182. The second-order valence-corrected chi connectivity index (χ2v) is 9.14. The van der Waals surface area contributed by atoms with Crippen LogP contribution in [-0.4, -0.2) is 89.3 Å². The molecule has 3 aliphatic rings. The fourth-order valence-electron chi connectivity index (χ4n) is 5.17. The molecule has 178 valence electrons. The van der Waals surface area contributed by atoms with Crippen molar-refractivity contribution < 1.29 is 34.1 Å². The molecule has 2 aliphatic heterocycles. The average molecular weight is 459 g/mol. The van der Waals surface area contributed by atoms with E-state index in [9.17, 15) is 29.4 Å². The number of carboxylic acid groups (broad SMARTS) is 2. The van der Waals surface area contributed by atoms with E-state index in [-0.39, 0.29) is 19.6 Å². The van der Waals surface area contributed by atoms with Crippen LogP contribution < -0.4 is 4.90 Å². The molecule has 10 heteroatoms. The van der Waals surface area contributed by atoms with Gasteiger partial charge in [0.25, 0.3) is 0 Å². The topological polar surface area (TPSA) is 128 Å². The van der Waals surface area contributed by atoms with Crippen molar-refractivity contribution in [2.45, 2.75) is 32.2 Å². The van der Waals surface area contributed by atoms with E-state index in [4.69, 9.17) is 4.74 Å². The van der Waals surface area contributed by atoms with E-state index in [0.29, 0.717) is 39.0 Å². The number of likely N-dealkylation sites (tertiary alicyclic amines) is 1. The quantitative estimate of drug-likeness (QED) is 0.634. The Balaban J connectivity index is 1.63. The number of hydrogen-bond donors (Lipinski definition) is 2. The van der Waals surface area contributed by atoms with Gasteiger partial charge in [-0.15, -0.1) is 0 Å². The van der Waals surface area contributed by atoms with E-state index in [0.717, 1.165) is 10.6 Å². The number of piperidine rings is 1. The van der Waals surface area contributed by atoms with Gasteiger partial charge in [-0.1, -0.05) is 18.2 Å². The van der Waals surface area contributed by atoms with Crippen LogP contribution in [0.15, 0.2) is 30.3 Å². The van der Waals surface area contributed by atoms with Crippen molar-refractivity contribution in [2.75, 3.05) is 44.2 Å². The van der Waals surface area contributed by atoms with Gasteiger partial charge in [-0.25, -0.2) is 4.79 Å². The number of aliphatic carboxylic acids is 2. The molecule has 1 spiro atoms. The number of benzene rings is 1. The minimum Gasteiger partial charge on any atom is -0.480 e. The zero-order chi connectivity index (χ0) is 23.8. The Morgan fingerprint density at radius 1 is 1.00 bits per heavy atom. The van der Waals surface area contributed by atoms with Crippen molar-refractivity contribution >= 4 is 29.6 Å². The van der Waals surface area contributed by atoms with Crippen molar-refractivity contribution in [3.05, 3.63) is 30.3 Å². The molecular weight excluding hydrogens is 430 g/mol. The Morgan fingerprint density at radius 3 is 2.12 bits per heavy atom. The number of rotatable bonds is 5. The number of ether oxygens (including phenoxy) is 1. The summed E-state index contributed by atoms with van der Waals surface area (Å²) in [5, 5.41) is 20.2. The predicted molar refractivity (Wildman–Crippen MR) is 117 cm³/mol. The van der Waals surface area contributed by atoms with Gasteiger partial charge in [0, 0.05) is 38.4 Å². The van der Waals surface area contributed by atoms with E-state index in [1.807, 2.05) is 30.3 Å². The van der Waals surface area contributed by atoms with Crippen molar-refractivity contribution in [1.29, 1.82) is 0 Å². The maximum absolute atomic E-state index is 13.7. The Morgan fingerprint density at radius 2 is 1.61 bits per heavy atom. The molecule has 0 bridgehead atoms. The lowest BCUT2D eigenvalue weighted by Crippen LogP contribution is -2.69. The standard InChI is InChI=1S/C23H29N3O7/c1-2-33-21(32)26-15-22(8-9-22)14-23(19(28)29,20(30)31)17(26)18(27)25-12-10-24(11-13-25)16-6-4-3-5-7-16/h3-7,17H,2,8-15H2,1H3,(H,28,29)(H,30,31). The summed E-state index contributed by atoms with van der Waals surface area (Å²) in [5.74, 6) is -3.86. The second-order valence-electron chi connectivity index (χ2n) is 9.14. The lowest BCUT2D eigenvalue weighted by Gasteiger charge is -2.49. The van der Waals surface area contributed by atoms with Crippen molar-refractivity contribution in [3.8, 4) is 0 Å². The van der Waals surface area contributed by atoms with E-state index in [1.165, 1.54) is 4.90 Å². The van der Waals surface area contributed by atoms with Gasteiger partial charge < -0.3 is 24.7 Å². The van der Waals surface area contributed by atoms with Gasteiger partial charge in [0.05, 0.1) is 6.61 Å². The molecule has 2 amide bonds. The minimum atomic E-state index is -2.42. The van der Waals surface area contributed by atoms with Crippen molar-refractivity contribution in [1.82, 2.24) is 9.80 Å². The first kappa shape index (κ1) is 22.9. The normalized spacial score (nSPS) is 23.2. The van der Waals surface area contributed by atoms with Crippen LogP contribution in [-0.2, 0) is 19.1 Å². The zero-order valence-electron chi connectivity index (χ0n) is 18.6. The molecule has 4 rings (SSSR count). The first-order chi connectivity index (χ1) is 15.7. The Labute approximate surface area is 191 Å². The number of amides is 2. The highest BCUT2D eigenvalue weighted by molar-refractivity contribution is 6.06. The summed E-state index contributed by atoms with van der Waals surface area (Å²) in [7, 11) is 0. The summed E-state index contributed by atoms with van der Waals surface area (Å²) in [5.41, 5.74) is -2.02. The zero-order valence-corrected chi connectivity index (χ0v) is 18.6. The molecule has 1 unspecified atom stereocenters. The molecule has 33 heavy (non-hydrogen) atoms. The summed E-state index contributed by atoms with van der Waals surface area (Å²) < 4.78 is 5.12. The first-order valence-corrected chi connectivity index (χ1v) is 11.2. The van der Waals surface area contributed by atoms with E-state index < -0.39 is 40.8 Å². The Bertz CT molecular complexity index is 925. The third kappa shape index (κ3) is 3.98. The molecular formula is C23H29N3O7. The molecule has 1 aromatic carbocycles. The SMILES string of the molecule is CCOC(=O)N1CC2(CC2)CC(C(=O)O)(C(=O)O)C1C(=O)N1CCN(c2ccccc2)CC1. The molecule has 1 aliphatic carbocycles. The number of nitrogens with zero attached hydrogens (tertiary/aromatic N) is 3. The van der Waals surface area contributed by atoms with E-state index >= 15 is 0 Å². The van der Waals surface area contributed by atoms with Crippen LogP contribution >= 0.6 is 0 Å². The summed E-state index contributed by atoms with van der Waals surface area (Å²) >= 11 is 0. The maximum Gasteiger partial charge on any atom is 0.410 e. The smallest absolute Gasteiger partial charge is 0.410 e. The number of carboxylic acids is 2. The lowest BCUT2D eigenvalue weighted by atomic mass is 9.67. The van der Waals surface area contributed by atoms with Gasteiger partial charge in [-0.3, -0.25) is 19.3 Å². The first-order valence-electron chi connectivity index (χ1n) is 11.2. The summed E-state index contributed by atoms with van der Waals surface area (Å²) in [6, 6.07) is 8.04. The maximum atomic E-state index is 13.7. The minimum absolute atomic E-state index is 0.0339. The van der Waals surface area contributed by atoms with Gasteiger partial charge in [0.15, 0.2) is 5.41 Å². The molecule has 3 fully saturated rings. The molecule has 1 aromatic rings. The Hall–Kier alpha value is -3.30. The van der Waals surface area contributed by atoms with E-state index in [2.05, 4.69) is 4.90 Å². The van der Waals surface area contributed by atoms with Crippen LogP contribution in [0.5, 0.6) is 0 Å². The second kappa shape index (κ2) is 8.57. The van der Waals surface area contributed by atoms with Crippen molar-refractivity contribution in [2.24, 2.45) is 10.8 Å². The third-order valence-corrected chi connectivity index (χ3v) is 7.11. The van der Waals surface area contributed by atoms with Gasteiger partial charge in [-0.05, 0) is 43.7 Å². The van der Waals surface area contributed by atoms with E-state index in [1.54, 1.807) is 6.92 Å². The molecule has 2 saturated heterocycles. The van der Waals surface area contributed by atoms with Crippen LogP contribution in [0.2, 0.25) is 0 Å². The van der Waals surface area contributed by atoms with Gasteiger partial charge >= 0.3 is 18.0 Å². The summed E-state index contributed by atoms with van der Waals surface area (Å²) in [6.45, 7) is 3.37. The number of piperazine rings is 1. The van der Waals surface area contributed by atoms with Gasteiger partial charge in [0.1, 0.15) is 6.04 Å².